The quantitative estimate of drug-likeness (QED) is 0.848. The molecule has 3 rings (SSSR count). The lowest BCUT2D eigenvalue weighted by molar-refractivity contribution is -0.139. The molecule has 2 fully saturated rings. The molecule has 6 heteroatoms. The summed E-state index contributed by atoms with van der Waals surface area (Å²) in [6.07, 6.45) is 11.2. The van der Waals surface area contributed by atoms with E-state index >= 15 is 0 Å². The predicted molar refractivity (Wildman–Crippen MR) is 100 cm³/mol. The van der Waals surface area contributed by atoms with Crippen LogP contribution in [0.3, 0.4) is 0 Å². The summed E-state index contributed by atoms with van der Waals surface area (Å²) in [4.78, 5) is 31.2. The average molecular weight is 361 g/mol. The summed E-state index contributed by atoms with van der Waals surface area (Å²) in [6.45, 7) is 6.04. The van der Waals surface area contributed by atoms with Gasteiger partial charge in [-0.25, -0.2) is 4.98 Å². The maximum Gasteiger partial charge on any atom is 0.225 e. The molecule has 1 aromatic rings. The molecule has 26 heavy (non-hydrogen) atoms. The van der Waals surface area contributed by atoms with Gasteiger partial charge in [-0.1, -0.05) is 19.3 Å². The zero-order chi connectivity index (χ0) is 18.5. The van der Waals surface area contributed by atoms with Gasteiger partial charge in [0, 0.05) is 37.9 Å². The third kappa shape index (κ3) is 4.65. The largest absolute Gasteiger partial charge is 0.349 e. The van der Waals surface area contributed by atoms with Crippen LogP contribution in [0.1, 0.15) is 70.7 Å². The molecular weight excluding hydrogens is 328 g/mol. The van der Waals surface area contributed by atoms with Gasteiger partial charge in [-0.05, 0) is 39.0 Å². The molecule has 0 radical (unpaired) electrons. The zero-order valence-corrected chi connectivity index (χ0v) is 16.1. The van der Waals surface area contributed by atoms with Gasteiger partial charge in [0.25, 0.3) is 0 Å². The van der Waals surface area contributed by atoms with Gasteiger partial charge in [0.15, 0.2) is 0 Å². The number of carbonyl (C=O) groups excluding carboxylic acids is 2. The molecule has 0 spiro atoms. The molecule has 0 aromatic carbocycles. The summed E-state index contributed by atoms with van der Waals surface area (Å²) in [5.41, 5.74) is 0. The third-order valence-corrected chi connectivity index (χ3v) is 5.80. The van der Waals surface area contributed by atoms with Crippen LogP contribution in [0.5, 0.6) is 0 Å². The fraction of sp³-hybridized carbons (Fsp3) is 0.750. The maximum atomic E-state index is 12.6. The van der Waals surface area contributed by atoms with Gasteiger partial charge in [0.2, 0.25) is 11.8 Å². The average Bonchev–Trinajstić information content (AvgIpc) is 3.11. The van der Waals surface area contributed by atoms with Gasteiger partial charge >= 0.3 is 0 Å². The number of amides is 2. The number of imidazole rings is 1. The van der Waals surface area contributed by atoms with Crippen molar-refractivity contribution in [1.82, 2.24) is 19.8 Å². The van der Waals surface area contributed by atoms with Crippen molar-refractivity contribution >= 4 is 11.8 Å². The van der Waals surface area contributed by atoms with Gasteiger partial charge in [0.1, 0.15) is 5.82 Å². The lowest BCUT2D eigenvalue weighted by atomic mass is 9.87. The van der Waals surface area contributed by atoms with Crippen LogP contribution in [0.2, 0.25) is 0 Å². The SMILES string of the molecule is CC(C)n1ccnc1CNC(=O)[C@H]1CCC(=O)N(CC2CCCCC2)C1. The van der Waals surface area contributed by atoms with Crippen molar-refractivity contribution in [3.63, 3.8) is 0 Å². The minimum absolute atomic E-state index is 0.0458. The Kier molecular flexibility index (Phi) is 6.33. The van der Waals surface area contributed by atoms with E-state index in [9.17, 15) is 9.59 Å². The van der Waals surface area contributed by atoms with E-state index in [2.05, 4.69) is 28.7 Å². The Hall–Kier alpha value is -1.85. The van der Waals surface area contributed by atoms with Crippen LogP contribution in [-0.2, 0) is 16.1 Å². The second-order valence-corrected chi connectivity index (χ2v) is 8.10. The molecule has 1 aliphatic heterocycles. The lowest BCUT2D eigenvalue weighted by Crippen LogP contribution is -2.47. The van der Waals surface area contributed by atoms with Gasteiger partial charge < -0.3 is 14.8 Å². The number of likely N-dealkylation sites (tertiary alicyclic amines) is 1. The molecule has 2 heterocycles. The van der Waals surface area contributed by atoms with Crippen LogP contribution < -0.4 is 5.32 Å². The van der Waals surface area contributed by atoms with Crippen LogP contribution in [0, 0.1) is 11.8 Å². The second kappa shape index (κ2) is 8.69. The van der Waals surface area contributed by atoms with Gasteiger partial charge in [0.05, 0.1) is 12.5 Å². The molecule has 2 amide bonds. The van der Waals surface area contributed by atoms with E-state index in [0.717, 1.165) is 12.4 Å². The van der Waals surface area contributed by atoms with E-state index in [1.807, 2.05) is 11.1 Å². The number of hydrogen-bond donors (Lipinski definition) is 1. The number of rotatable bonds is 6. The molecule has 0 bridgehead atoms. The monoisotopic (exact) mass is 360 g/mol. The summed E-state index contributed by atoms with van der Waals surface area (Å²) >= 11 is 0. The van der Waals surface area contributed by atoms with Crippen LogP contribution in [0.15, 0.2) is 12.4 Å². The van der Waals surface area contributed by atoms with E-state index in [1.54, 1.807) is 6.20 Å². The first-order valence-electron chi connectivity index (χ1n) is 10.1. The molecule has 0 unspecified atom stereocenters. The van der Waals surface area contributed by atoms with Gasteiger partial charge in [-0.2, -0.15) is 0 Å². The number of carbonyl (C=O) groups is 2. The van der Waals surface area contributed by atoms with Crippen molar-refractivity contribution in [2.75, 3.05) is 13.1 Å². The van der Waals surface area contributed by atoms with E-state index in [-0.39, 0.29) is 17.7 Å². The van der Waals surface area contributed by atoms with Crippen LogP contribution in [-0.4, -0.2) is 39.4 Å². The zero-order valence-electron chi connectivity index (χ0n) is 16.1. The van der Waals surface area contributed by atoms with Crippen molar-refractivity contribution in [1.29, 1.82) is 0 Å². The number of piperidine rings is 1. The Morgan fingerprint density at radius 1 is 1.27 bits per heavy atom. The first-order valence-corrected chi connectivity index (χ1v) is 10.1. The Morgan fingerprint density at radius 2 is 2.04 bits per heavy atom. The second-order valence-electron chi connectivity index (χ2n) is 8.10. The Labute approximate surface area is 156 Å². The molecular formula is C20H32N4O2. The van der Waals surface area contributed by atoms with Crippen LogP contribution in [0.25, 0.3) is 0 Å². The summed E-state index contributed by atoms with van der Waals surface area (Å²) < 4.78 is 2.07. The first-order chi connectivity index (χ1) is 12.5. The molecule has 1 N–H and O–H groups in total. The van der Waals surface area contributed by atoms with Crippen molar-refractivity contribution in [2.45, 2.75) is 71.4 Å². The highest BCUT2D eigenvalue weighted by Gasteiger charge is 2.31. The van der Waals surface area contributed by atoms with E-state index in [1.165, 1.54) is 32.1 Å². The standard InChI is InChI=1S/C20H32N4O2/c1-15(2)24-11-10-21-18(24)12-22-20(26)17-8-9-19(25)23(14-17)13-16-6-4-3-5-7-16/h10-11,15-17H,3-9,12-14H2,1-2H3,(H,22,26)/t17-/m0/s1. The van der Waals surface area contributed by atoms with Crippen molar-refractivity contribution in [3.8, 4) is 0 Å². The summed E-state index contributed by atoms with van der Waals surface area (Å²) in [6, 6.07) is 0.322. The van der Waals surface area contributed by atoms with Crippen molar-refractivity contribution in [2.24, 2.45) is 11.8 Å². The molecule has 1 saturated carbocycles. The smallest absolute Gasteiger partial charge is 0.225 e. The fourth-order valence-electron chi connectivity index (χ4n) is 4.25. The predicted octanol–water partition coefficient (Wildman–Crippen LogP) is 2.90. The summed E-state index contributed by atoms with van der Waals surface area (Å²) in [5.74, 6) is 1.66. The maximum absolute atomic E-state index is 12.6. The molecule has 6 nitrogen and oxygen atoms in total. The summed E-state index contributed by atoms with van der Waals surface area (Å²) in [7, 11) is 0. The number of aromatic nitrogens is 2. The van der Waals surface area contributed by atoms with E-state index in [4.69, 9.17) is 0 Å². The highest BCUT2D eigenvalue weighted by Crippen LogP contribution is 2.27. The van der Waals surface area contributed by atoms with Crippen LogP contribution in [0.4, 0.5) is 0 Å². The van der Waals surface area contributed by atoms with E-state index in [0.29, 0.717) is 37.9 Å². The molecule has 1 saturated heterocycles. The van der Waals surface area contributed by atoms with Crippen molar-refractivity contribution < 1.29 is 9.59 Å². The first kappa shape index (κ1) is 18.9. The summed E-state index contributed by atoms with van der Waals surface area (Å²) in [5, 5.41) is 3.03. The molecule has 2 aliphatic rings. The number of hydrogen-bond acceptors (Lipinski definition) is 3. The third-order valence-electron chi connectivity index (χ3n) is 5.80. The number of nitrogens with one attached hydrogen (secondary N) is 1. The molecule has 1 aromatic heterocycles. The highest BCUT2D eigenvalue weighted by molar-refractivity contribution is 5.83. The van der Waals surface area contributed by atoms with Gasteiger partial charge in [-0.15, -0.1) is 0 Å². The minimum Gasteiger partial charge on any atom is -0.349 e. The highest BCUT2D eigenvalue weighted by atomic mass is 16.2. The molecule has 144 valence electrons. The van der Waals surface area contributed by atoms with Crippen LogP contribution >= 0.6 is 0 Å². The van der Waals surface area contributed by atoms with E-state index < -0.39 is 0 Å². The fourth-order valence-corrected chi connectivity index (χ4v) is 4.25. The Bertz CT molecular complexity index is 619. The topological polar surface area (TPSA) is 67.2 Å². The minimum atomic E-state index is -0.0984. The lowest BCUT2D eigenvalue weighted by Gasteiger charge is -2.35. The molecule has 1 aliphatic carbocycles. The van der Waals surface area contributed by atoms with Gasteiger partial charge in [-0.3, -0.25) is 9.59 Å². The normalized spacial score (nSPS) is 22.0. The molecule has 1 atom stereocenters. The number of nitrogens with zero attached hydrogens (tertiary/aromatic N) is 3. The Balaban J connectivity index is 1.52. The van der Waals surface area contributed by atoms with Crippen molar-refractivity contribution in [3.05, 3.63) is 18.2 Å². The Morgan fingerprint density at radius 3 is 2.77 bits per heavy atom.